The second kappa shape index (κ2) is 7.21. The van der Waals surface area contributed by atoms with Crippen LogP contribution in [-0.2, 0) is 6.42 Å². The average molecular weight is 430 g/mol. The quantitative estimate of drug-likeness (QED) is 0.462. The first kappa shape index (κ1) is 19.3. The molecule has 0 saturated carbocycles. The zero-order chi connectivity index (χ0) is 21.7. The Morgan fingerprint density at radius 1 is 0.903 bits per heavy atom. The van der Waals surface area contributed by atoms with Crippen LogP contribution in [0.2, 0.25) is 0 Å². The van der Waals surface area contributed by atoms with Crippen molar-refractivity contribution < 1.29 is 14.3 Å². The molecule has 1 saturated heterocycles. The molecule has 1 N–H and O–H groups in total. The number of nitrogens with zero attached hydrogens (tertiary/aromatic N) is 2. The Balaban J connectivity index is 1.54. The van der Waals surface area contributed by atoms with Crippen LogP contribution in [0.3, 0.4) is 0 Å². The van der Waals surface area contributed by atoms with Crippen molar-refractivity contribution in [3.8, 4) is 22.6 Å². The first-order chi connectivity index (χ1) is 15.0. The predicted octanol–water partition coefficient (Wildman–Crippen LogP) is 5.03. The number of urea groups is 1. The summed E-state index contributed by atoms with van der Waals surface area (Å²) in [6.45, 7) is 0. The van der Waals surface area contributed by atoms with Crippen LogP contribution in [0.5, 0.6) is 11.5 Å². The summed E-state index contributed by atoms with van der Waals surface area (Å²) < 4.78 is 10.7. The molecule has 0 unspecified atom stereocenters. The number of carbonyl (C=O) groups excluding carboxylic acids is 1. The standard InChI is InChI=1S/C24H19N3O3S/c1-29-17-8-10-21(30-2)20(13-17)27-23(31)22(25)26(24(27)28)16-7-9-19-15(12-16)11-14-5-3-4-6-18(14)19/h3-10,12-13,25H,11H2,1-2H3. The minimum atomic E-state index is -0.419. The number of anilines is 2. The number of carbonyl (C=O) groups is 1. The fraction of sp³-hybridized carbons (Fsp3) is 0.125. The molecule has 1 aliphatic carbocycles. The van der Waals surface area contributed by atoms with E-state index in [0.717, 1.165) is 17.5 Å². The van der Waals surface area contributed by atoms with Crippen molar-refractivity contribution >= 4 is 40.4 Å². The van der Waals surface area contributed by atoms with E-state index < -0.39 is 6.03 Å². The van der Waals surface area contributed by atoms with Crippen molar-refractivity contribution in [2.75, 3.05) is 24.0 Å². The summed E-state index contributed by atoms with van der Waals surface area (Å²) in [6, 6.07) is 18.8. The second-order valence-electron chi connectivity index (χ2n) is 7.32. The fourth-order valence-corrected chi connectivity index (χ4v) is 4.45. The van der Waals surface area contributed by atoms with Crippen LogP contribution in [0, 0.1) is 5.41 Å². The summed E-state index contributed by atoms with van der Waals surface area (Å²) in [5.41, 5.74) is 5.82. The minimum absolute atomic E-state index is 0.0414. The summed E-state index contributed by atoms with van der Waals surface area (Å²) in [5.74, 6) is 0.988. The van der Waals surface area contributed by atoms with Crippen molar-refractivity contribution in [1.29, 1.82) is 5.41 Å². The molecular formula is C24H19N3O3S. The average Bonchev–Trinajstić information content (AvgIpc) is 3.26. The van der Waals surface area contributed by atoms with Crippen LogP contribution in [0.1, 0.15) is 11.1 Å². The number of benzene rings is 3. The second-order valence-corrected chi connectivity index (χ2v) is 7.71. The van der Waals surface area contributed by atoms with Gasteiger partial charge in [-0.25, -0.2) is 14.6 Å². The van der Waals surface area contributed by atoms with Crippen LogP contribution in [0.25, 0.3) is 11.1 Å². The molecule has 7 heteroatoms. The molecule has 154 valence electrons. The Hall–Kier alpha value is -3.71. The molecule has 6 nitrogen and oxygen atoms in total. The van der Waals surface area contributed by atoms with Crippen LogP contribution in [-0.4, -0.2) is 31.1 Å². The highest BCUT2D eigenvalue weighted by molar-refractivity contribution is 7.82. The molecular weight excluding hydrogens is 410 g/mol. The van der Waals surface area contributed by atoms with Gasteiger partial charge in [0.25, 0.3) is 0 Å². The molecule has 3 aromatic rings. The smallest absolute Gasteiger partial charge is 0.340 e. The molecule has 0 aromatic heterocycles. The number of hydrogen-bond acceptors (Lipinski definition) is 5. The van der Waals surface area contributed by atoms with Crippen LogP contribution < -0.4 is 19.3 Å². The zero-order valence-electron chi connectivity index (χ0n) is 17.0. The highest BCUT2D eigenvalue weighted by Gasteiger charge is 2.42. The van der Waals surface area contributed by atoms with Gasteiger partial charge in [0.2, 0.25) is 0 Å². The van der Waals surface area contributed by atoms with E-state index in [0.29, 0.717) is 22.9 Å². The normalized spacial score (nSPS) is 14.7. The number of hydrogen-bond donors (Lipinski definition) is 1. The molecule has 0 bridgehead atoms. The first-order valence-corrected chi connectivity index (χ1v) is 10.1. The SMILES string of the molecule is COc1ccc(OC)c(N2C(=O)N(c3ccc4c(c3)Cc3ccccc3-4)C(=N)C2=S)c1. The maximum absolute atomic E-state index is 13.4. The van der Waals surface area contributed by atoms with Gasteiger partial charge in [-0.05, 0) is 52.9 Å². The third-order valence-corrected chi connectivity index (χ3v) is 6.05. The predicted molar refractivity (Wildman–Crippen MR) is 125 cm³/mol. The monoisotopic (exact) mass is 429 g/mol. The van der Waals surface area contributed by atoms with Gasteiger partial charge in [-0.15, -0.1) is 0 Å². The molecule has 3 aromatic carbocycles. The first-order valence-electron chi connectivity index (χ1n) is 9.74. The number of ether oxygens (including phenoxy) is 2. The van der Waals surface area contributed by atoms with Gasteiger partial charge in [0, 0.05) is 6.07 Å². The van der Waals surface area contributed by atoms with Crippen molar-refractivity contribution in [1.82, 2.24) is 0 Å². The van der Waals surface area contributed by atoms with E-state index in [2.05, 4.69) is 12.1 Å². The zero-order valence-corrected chi connectivity index (χ0v) is 17.8. The summed E-state index contributed by atoms with van der Waals surface area (Å²) in [6.07, 6.45) is 0.798. The number of nitrogens with one attached hydrogen (secondary N) is 1. The summed E-state index contributed by atoms with van der Waals surface area (Å²) in [5, 5.41) is 8.56. The Morgan fingerprint density at radius 3 is 2.45 bits per heavy atom. The van der Waals surface area contributed by atoms with Gasteiger partial charge in [-0.3, -0.25) is 5.41 Å². The summed E-state index contributed by atoms with van der Waals surface area (Å²) >= 11 is 5.48. The lowest BCUT2D eigenvalue weighted by Crippen LogP contribution is -2.33. The van der Waals surface area contributed by atoms with E-state index in [1.165, 1.54) is 28.0 Å². The lowest BCUT2D eigenvalue weighted by molar-refractivity contribution is 0.257. The van der Waals surface area contributed by atoms with Crippen LogP contribution >= 0.6 is 12.2 Å². The molecule has 0 atom stereocenters. The van der Waals surface area contributed by atoms with Gasteiger partial charge >= 0.3 is 6.03 Å². The fourth-order valence-electron chi connectivity index (χ4n) is 4.18. The van der Waals surface area contributed by atoms with Crippen molar-refractivity contribution in [3.05, 3.63) is 71.8 Å². The lowest BCUT2D eigenvalue weighted by atomic mass is 10.1. The van der Waals surface area contributed by atoms with E-state index in [4.69, 9.17) is 27.1 Å². The van der Waals surface area contributed by atoms with Crippen molar-refractivity contribution in [2.24, 2.45) is 0 Å². The number of amidine groups is 1. The molecule has 5 rings (SSSR count). The van der Waals surface area contributed by atoms with Crippen molar-refractivity contribution in [3.63, 3.8) is 0 Å². The minimum Gasteiger partial charge on any atom is -0.497 e. The van der Waals surface area contributed by atoms with Gasteiger partial charge in [-0.2, -0.15) is 0 Å². The maximum atomic E-state index is 13.4. The van der Waals surface area contributed by atoms with Crippen LogP contribution in [0.4, 0.5) is 16.2 Å². The Labute approximate surface area is 185 Å². The van der Waals surface area contributed by atoms with E-state index >= 15 is 0 Å². The van der Waals surface area contributed by atoms with E-state index in [-0.39, 0.29) is 10.8 Å². The van der Waals surface area contributed by atoms with Crippen LogP contribution in [0.15, 0.2) is 60.7 Å². The Bertz CT molecular complexity index is 1270. The van der Waals surface area contributed by atoms with Gasteiger partial charge < -0.3 is 9.47 Å². The molecule has 2 aliphatic rings. The van der Waals surface area contributed by atoms with E-state index in [1.807, 2.05) is 30.3 Å². The number of thiocarbonyl (C=S) groups is 1. The highest BCUT2D eigenvalue weighted by atomic mass is 32.1. The van der Waals surface area contributed by atoms with Gasteiger partial charge in [-0.1, -0.05) is 42.5 Å². The number of rotatable bonds is 4. The Morgan fingerprint density at radius 2 is 1.68 bits per heavy atom. The third kappa shape index (κ3) is 2.89. The number of amides is 2. The Kier molecular flexibility index (Phi) is 4.48. The molecule has 1 fully saturated rings. The third-order valence-electron chi connectivity index (χ3n) is 5.67. The van der Waals surface area contributed by atoms with E-state index in [1.54, 1.807) is 25.3 Å². The maximum Gasteiger partial charge on any atom is 0.340 e. The van der Waals surface area contributed by atoms with Gasteiger partial charge in [0.15, 0.2) is 10.8 Å². The summed E-state index contributed by atoms with van der Waals surface area (Å²) in [4.78, 5) is 16.2. The van der Waals surface area contributed by atoms with Gasteiger partial charge in [0.05, 0.1) is 25.6 Å². The molecule has 2 amide bonds. The van der Waals surface area contributed by atoms with Crippen molar-refractivity contribution in [2.45, 2.75) is 6.42 Å². The highest BCUT2D eigenvalue weighted by Crippen LogP contribution is 2.40. The molecule has 1 heterocycles. The molecule has 0 spiro atoms. The molecule has 1 aliphatic heterocycles. The summed E-state index contributed by atoms with van der Waals surface area (Å²) in [7, 11) is 3.07. The number of fused-ring (bicyclic) bond motifs is 3. The van der Waals surface area contributed by atoms with Gasteiger partial charge in [0.1, 0.15) is 11.5 Å². The molecule has 31 heavy (non-hydrogen) atoms. The topological polar surface area (TPSA) is 65.9 Å². The largest absolute Gasteiger partial charge is 0.497 e. The lowest BCUT2D eigenvalue weighted by Gasteiger charge is -2.20. The number of methoxy groups -OCH3 is 2. The van der Waals surface area contributed by atoms with E-state index in [9.17, 15) is 4.79 Å². The molecule has 0 radical (unpaired) electrons.